The number of nitro benzene ring substituents is 1. The topological polar surface area (TPSA) is 245 Å². The number of hydrogen-bond donors (Lipinski definition) is 1. The van der Waals surface area contributed by atoms with Crippen LogP contribution in [0.2, 0.25) is 0 Å². The molecule has 0 saturated carbocycles. The van der Waals surface area contributed by atoms with Crippen molar-refractivity contribution in [1.29, 1.82) is 0 Å². The highest BCUT2D eigenvalue weighted by molar-refractivity contribution is 6.03. The van der Waals surface area contributed by atoms with Gasteiger partial charge in [0.25, 0.3) is 0 Å². The molecule has 398 valence electrons. The molecule has 0 spiro atoms. The Morgan fingerprint density at radius 2 is 1.79 bits per heavy atom. The first kappa shape index (κ1) is 51.4. The van der Waals surface area contributed by atoms with Crippen LogP contribution >= 0.6 is 0 Å². The molecule has 2 aromatic heterocycles. The van der Waals surface area contributed by atoms with Crippen LogP contribution < -0.4 is 14.4 Å². The van der Waals surface area contributed by atoms with Crippen molar-refractivity contribution in [2.24, 2.45) is 0 Å². The van der Waals surface area contributed by atoms with Gasteiger partial charge >= 0.3 is 35.7 Å². The third-order valence-electron chi connectivity index (χ3n) is 14.6. The molecule has 1 N–H and O–H groups in total. The zero-order valence-corrected chi connectivity index (χ0v) is 41.2. The van der Waals surface area contributed by atoms with E-state index in [4.69, 9.17) is 44.6 Å². The van der Waals surface area contributed by atoms with Crippen molar-refractivity contribution in [2.45, 2.75) is 107 Å². The Labute approximate surface area is 431 Å². The molecule has 7 heterocycles. The van der Waals surface area contributed by atoms with Crippen molar-refractivity contribution in [3.05, 3.63) is 81.5 Å². The van der Waals surface area contributed by atoms with Gasteiger partial charge in [-0.3, -0.25) is 34.5 Å². The number of nitro groups is 1. The first-order valence-corrected chi connectivity index (χ1v) is 24.5. The number of esters is 3. The second-order valence-corrected chi connectivity index (χ2v) is 19.4. The molecule has 2 bridgehead atoms. The van der Waals surface area contributed by atoms with Gasteiger partial charge in [0.2, 0.25) is 6.29 Å². The van der Waals surface area contributed by atoms with Gasteiger partial charge in [0.1, 0.15) is 54.1 Å². The van der Waals surface area contributed by atoms with Crippen molar-refractivity contribution < 1.29 is 75.5 Å². The van der Waals surface area contributed by atoms with Gasteiger partial charge < -0.3 is 43.2 Å². The number of pyridine rings is 1. The number of methoxy groups -OCH3 is 1. The number of aromatic nitrogens is 3. The minimum absolute atomic E-state index is 0.0192. The first-order chi connectivity index (χ1) is 36.4. The summed E-state index contributed by atoms with van der Waals surface area (Å²) in [7, 11) is 1.06. The monoisotopic (exact) mass is 1050 g/mol. The Bertz CT molecular complexity index is 3220. The van der Waals surface area contributed by atoms with Crippen molar-refractivity contribution in [1.82, 2.24) is 24.8 Å². The number of rotatable bonds is 13. The van der Waals surface area contributed by atoms with E-state index in [0.717, 1.165) is 39.5 Å². The lowest BCUT2D eigenvalue weighted by Gasteiger charge is -2.41. The zero-order valence-electron chi connectivity index (χ0n) is 41.2. The molecule has 24 heteroatoms. The fraction of sp³-hybridized carbons (Fsp3) is 0.442. The van der Waals surface area contributed by atoms with Gasteiger partial charge in [-0.1, -0.05) is 18.1 Å². The average molecular weight is 1050 g/mol. The van der Waals surface area contributed by atoms with Crippen LogP contribution in [0.15, 0.2) is 48.7 Å². The van der Waals surface area contributed by atoms with E-state index in [9.17, 15) is 38.8 Å². The Hall–Kier alpha value is -8.04. The third-order valence-corrected chi connectivity index (χ3v) is 14.6. The van der Waals surface area contributed by atoms with Gasteiger partial charge in [-0.25, -0.2) is 22.8 Å². The fourth-order valence-corrected chi connectivity index (χ4v) is 11.4. The molecule has 8 atom stereocenters. The van der Waals surface area contributed by atoms with E-state index < -0.39 is 94.6 Å². The number of carbonyl (C=O) groups is 4. The van der Waals surface area contributed by atoms with Crippen molar-refractivity contribution in [3.8, 4) is 41.1 Å². The fourth-order valence-electron chi connectivity index (χ4n) is 11.4. The summed E-state index contributed by atoms with van der Waals surface area (Å²) >= 11 is 0. The maximum atomic E-state index is 17.3. The van der Waals surface area contributed by atoms with Crippen molar-refractivity contribution in [2.75, 3.05) is 44.8 Å². The molecule has 3 unspecified atom stereocenters. The highest BCUT2D eigenvalue weighted by atomic mass is 19.1. The van der Waals surface area contributed by atoms with E-state index in [2.05, 4.69) is 20.8 Å². The van der Waals surface area contributed by atoms with Crippen molar-refractivity contribution in [3.63, 3.8) is 0 Å². The van der Waals surface area contributed by atoms with E-state index in [1.807, 2.05) is 4.90 Å². The van der Waals surface area contributed by atoms with Gasteiger partial charge in [0.05, 0.1) is 47.0 Å². The summed E-state index contributed by atoms with van der Waals surface area (Å²) in [5, 5.41) is 23.8. The van der Waals surface area contributed by atoms with Gasteiger partial charge in [-0.2, -0.15) is 9.97 Å². The average Bonchev–Trinajstić information content (AvgIpc) is 4.06. The number of carbonyl (C=O) groups excluding carboxylic acids is 4. The standard InChI is InChI=1S/C52H50F3N7O14/c1-5-34-37(54)11-8-29-16-33(65)17-35(42(29)34)44-43(55)45-36(20-56-44)48(58-50(57-45)72-25-52-13-6-14-60(52)21-30(53)19-52)59-22-31-9-10-32(23-59)61(31)51(67)71-24-28-7-12-39(38(15-28)62(68)69)75-41-18-40(73-26(2)63)46(74-27(3)64)47(76-41)49(66)70-4/h1,7-8,11-12,15-17,20,30-32,40-41,46-47,65H,6,9-10,13-14,18-19,21-25H2,2-4H3/t30?,31?,32?,40-,41-,46+,47+,52+/m1/s1. The molecule has 0 radical (unpaired) electrons. The molecular formula is C52H50F3N7O14. The summed E-state index contributed by atoms with van der Waals surface area (Å²) in [6, 6.07) is 7.94. The molecule has 5 saturated heterocycles. The van der Waals surface area contributed by atoms with E-state index in [1.165, 1.54) is 36.5 Å². The number of terminal acetylenes is 1. The number of fused-ring (bicyclic) bond motifs is 5. The van der Waals surface area contributed by atoms with Crippen LogP contribution in [-0.4, -0.2) is 147 Å². The molecular weight excluding hydrogens is 1000 g/mol. The van der Waals surface area contributed by atoms with Gasteiger partial charge in [0.15, 0.2) is 23.8 Å². The number of piperazine rings is 1. The minimum atomic E-state index is -1.62. The predicted molar refractivity (Wildman–Crippen MR) is 260 cm³/mol. The number of benzene rings is 3. The van der Waals surface area contributed by atoms with Gasteiger partial charge in [0, 0.05) is 63.1 Å². The molecule has 5 aromatic rings. The second kappa shape index (κ2) is 20.6. The largest absolute Gasteiger partial charge is 0.508 e. The summed E-state index contributed by atoms with van der Waals surface area (Å²) in [5.41, 5.74) is -1.55. The van der Waals surface area contributed by atoms with Crippen molar-refractivity contribution >= 4 is 57.2 Å². The number of amides is 1. The number of anilines is 1. The van der Waals surface area contributed by atoms with Crippen LogP contribution in [0, 0.1) is 34.1 Å². The Balaban J connectivity index is 0.890. The van der Waals surface area contributed by atoms with Gasteiger partial charge in [-0.05, 0) is 67.4 Å². The summed E-state index contributed by atoms with van der Waals surface area (Å²) in [5.74, 6) is -2.20. The second-order valence-electron chi connectivity index (χ2n) is 19.4. The number of phenolic OH excluding ortho intramolecular Hbond substituents is 1. The molecule has 5 aliphatic rings. The number of hydrogen-bond acceptors (Lipinski definition) is 19. The highest BCUT2D eigenvalue weighted by Crippen LogP contribution is 2.43. The maximum Gasteiger partial charge on any atom is 0.410 e. The normalized spacial score (nSPS) is 24.9. The van der Waals surface area contributed by atoms with Crippen LogP contribution in [0.1, 0.15) is 63.5 Å². The molecule has 76 heavy (non-hydrogen) atoms. The van der Waals surface area contributed by atoms with E-state index in [1.54, 1.807) is 4.90 Å². The number of nitrogens with zero attached hydrogens (tertiary/aromatic N) is 7. The molecule has 3 aromatic carbocycles. The predicted octanol–water partition coefficient (Wildman–Crippen LogP) is 6.19. The number of halogens is 3. The van der Waals surface area contributed by atoms with E-state index in [0.29, 0.717) is 31.2 Å². The zero-order chi connectivity index (χ0) is 53.7. The number of ether oxygens (including phenoxy) is 7. The summed E-state index contributed by atoms with van der Waals surface area (Å²) in [6.07, 6.45) is 2.25. The van der Waals surface area contributed by atoms with Crippen LogP contribution in [0.4, 0.5) is 29.5 Å². The molecule has 21 nitrogen and oxygen atoms in total. The van der Waals surface area contributed by atoms with Crippen LogP contribution in [0.3, 0.4) is 0 Å². The van der Waals surface area contributed by atoms with E-state index in [-0.39, 0.29) is 108 Å². The number of alkyl halides is 1. The van der Waals surface area contributed by atoms with Crippen LogP contribution in [0.5, 0.6) is 17.5 Å². The minimum Gasteiger partial charge on any atom is -0.508 e. The number of aromatic hydroxyl groups is 1. The Morgan fingerprint density at radius 3 is 2.50 bits per heavy atom. The lowest BCUT2D eigenvalue weighted by atomic mass is 9.95. The Morgan fingerprint density at radius 1 is 1.03 bits per heavy atom. The lowest BCUT2D eigenvalue weighted by molar-refractivity contribution is -0.386. The first-order valence-electron chi connectivity index (χ1n) is 24.5. The maximum absolute atomic E-state index is 17.3. The van der Waals surface area contributed by atoms with Gasteiger partial charge in [-0.15, -0.1) is 6.42 Å². The summed E-state index contributed by atoms with van der Waals surface area (Å²) < 4.78 is 86.2. The van der Waals surface area contributed by atoms with E-state index >= 15 is 8.78 Å². The smallest absolute Gasteiger partial charge is 0.410 e. The molecule has 5 aliphatic heterocycles. The summed E-state index contributed by atoms with van der Waals surface area (Å²) in [6.45, 7) is 3.19. The van der Waals surface area contributed by atoms with Crippen LogP contribution in [-0.2, 0) is 44.7 Å². The quantitative estimate of drug-likeness (QED) is 0.0454. The summed E-state index contributed by atoms with van der Waals surface area (Å²) in [4.78, 5) is 81.5. The molecule has 5 fully saturated rings. The molecule has 0 aliphatic carbocycles. The SMILES string of the molecule is C#Cc1c(F)ccc2cc(O)cc(-c3ncc4c(N5CC6CCC(C5)N6C(=O)OCc5ccc(O[C@H]6C[C@@H](OC(C)=O)[C@H](OC(C)=O)[C@@H](C(=O)OC)O6)c([N+](=O)[O-])c5)nc(OC[C@@]56CCCN5CC(F)C6)nc4c3F)c12. The molecule has 1 amide bonds. The molecule has 10 rings (SSSR count). The third kappa shape index (κ3) is 9.75. The lowest BCUT2D eigenvalue weighted by Crippen LogP contribution is -2.56. The Kier molecular flexibility index (Phi) is 13.9. The number of phenols is 1. The van der Waals surface area contributed by atoms with Crippen LogP contribution in [0.25, 0.3) is 32.9 Å². The highest BCUT2D eigenvalue weighted by Gasteiger charge is 2.51.